The number of carbonyl (C=O) groups excluding carboxylic acids is 1. The van der Waals surface area contributed by atoms with Crippen LogP contribution in [0.25, 0.3) is 11.1 Å². The van der Waals surface area contributed by atoms with Crippen molar-refractivity contribution < 1.29 is 22.7 Å². The molecule has 1 aromatic carbocycles. The van der Waals surface area contributed by atoms with Crippen molar-refractivity contribution in [3.63, 3.8) is 0 Å². The molecule has 10 heteroatoms. The fraction of sp³-hybridized carbons (Fsp3) is 0.318. The van der Waals surface area contributed by atoms with Crippen molar-refractivity contribution in [2.24, 2.45) is 0 Å². The third kappa shape index (κ3) is 5.58. The van der Waals surface area contributed by atoms with E-state index < -0.39 is 18.7 Å². The van der Waals surface area contributed by atoms with Crippen molar-refractivity contribution in [3.05, 3.63) is 62.8 Å². The van der Waals surface area contributed by atoms with E-state index in [9.17, 15) is 18.0 Å². The van der Waals surface area contributed by atoms with Gasteiger partial charge in [0, 0.05) is 21.9 Å². The van der Waals surface area contributed by atoms with Gasteiger partial charge < -0.3 is 10.1 Å². The highest BCUT2D eigenvalue weighted by atomic mass is 35.5. The minimum atomic E-state index is -4.50. The lowest BCUT2D eigenvalue weighted by Crippen LogP contribution is -2.24. The van der Waals surface area contributed by atoms with E-state index in [1.165, 1.54) is 6.07 Å². The monoisotopic (exact) mass is 481 g/mol. The van der Waals surface area contributed by atoms with Crippen LogP contribution in [-0.2, 0) is 6.54 Å². The van der Waals surface area contributed by atoms with Gasteiger partial charge in [-0.25, -0.2) is 9.97 Å². The Bertz CT molecular complexity index is 1150. The van der Waals surface area contributed by atoms with Gasteiger partial charge in [-0.2, -0.15) is 13.2 Å². The maximum Gasteiger partial charge on any atom is 0.422 e. The van der Waals surface area contributed by atoms with Crippen LogP contribution in [0.3, 0.4) is 0 Å². The average molecular weight is 482 g/mol. The van der Waals surface area contributed by atoms with Gasteiger partial charge in [0.25, 0.3) is 5.91 Å². The number of aromatic nitrogens is 2. The van der Waals surface area contributed by atoms with Crippen molar-refractivity contribution in [1.82, 2.24) is 15.3 Å². The smallest absolute Gasteiger partial charge is 0.422 e. The number of amides is 1. The Labute approximate surface area is 191 Å². The molecular formula is C22H19ClF3N3O2S. The van der Waals surface area contributed by atoms with E-state index in [-0.39, 0.29) is 18.0 Å². The summed E-state index contributed by atoms with van der Waals surface area (Å²) in [5.41, 5.74) is 2.45. The first-order chi connectivity index (χ1) is 15.2. The molecule has 0 spiro atoms. The van der Waals surface area contributed by atoms with E-state index in [0.717, 1.165) is 35.3 Å². The minimum absolute atomic E-state index is 0.0598. The summed E-state index contributed by atoms with van der Waals surface area (Å²) in [4.78, 5) is 21.2. The molecule has 1 fully saturated rings. The van der Waals surface area contributed by atoms with Crippen LogP contribution in [0, 0.1) is 6.92 Å². The summed E-state index contributed by atoms with van der Waals surface area (Å²) < 4.78 is 43.0. The Morgan fingerprint density at radius 1 is 1.31 bits per heavy atom. The molecular weight excluding hydrogens is 463 g/mol. The number of hydrogen-bond acceptors (Lipinski definition) is 5. The molecule has 5 nitrogen and oxygen atoms in total. The van der Waals surface area contributed by atoms with Gasteiger partial charge in [-0.15, -0.1) is 11.3 Å². The molecule has 32 heavy (non-hydrogen) atoms. The third-order valence-corrected chi connectivity index (χ3v) is 6.37. The quantitative estimate of drug-likeness (QED) is 0.455. The van der Waals surface area contributed by atoms with E-state index in [0.29, 0.717) is 22.1 Å². The number of hydrogen-bond donors (Lipinski definition) is 1. The van der Waals surface area contributed by atoms with Gasteiger partial charge in [-0.1, -0.05) is 17.7 Å². The highest BCUT2D eigenvalue weighted by Crippen LogP contribution is 2.41. The average Bonchev–Trinajstić information content (AvgIpc) is 3.50. The second-order valence-electron chi connectivity index (χ2n) is 7.57. The number of pyridine rings is 1. The molecule has 0 saturated heterocycles. The van der Waals surface area contributed by atoms with Crippen molar-refractivity contribution in [2.75, 3.05) is 6.61 Å². The lowest BCUT2D eigenvalue weighted by atomic mass is 10.0. The van der Waals surface area contributed by atoms with Crippen LogP contribution in [0.5, 0.6) is 5.75 Å². The zero-order valence-corrected chi connectivity index (χ0v) is 18.6. The van der Waals surface area contributed by atoms with E-state index in [1.54, 1.807) is 36.5 Å². The zero-order chi connectivity index (χ0) is 22.9. The summed E-state index contributed by atoms with van der Waals surface area (Å²) in [6.45, 7) is 0.555. The number of thiazole rings is 1. The summed E-state index contributed by atoms with van der Waals surface area (Å²) >= 11 is 7.66. The second kappa shape index (κ2) is 9.07. The highest BCUT2D eigenvalue weighted by molar-refractivity contribution is 7.09. The highest BCUT2D eigenvalue weighted by Gasteiger charge is 2.29. The van der Waals surface area contributed by atoms with Crippen LogP contribution in [0.2, 0.25) is 5.02 Å². The van der Waals surface area contributed by atoms with Crippen molar-refractivity contribution in [3.8, 4) is 16.9 Å². The fourth-order valence-corrected chi connectivity index (χ4v) is 4.17. The first-order valence-electron chi connectivity index (χ1n) is 9.88. The van der Waals surface area contributed by atoms with Crippen LogP contribution < -0.4 is 10.1 Å². The molecule has 1 saturated carbocycles. The normalized spacial score (nSPS) is 13.8. The van der Waals surface area contributed by atoms with Crippen LogP contribution in [0.4, 0.5) is 13.2 Å². The number of alkyl halides is 3. The molecule has 1 aliphatic rings. The standard InChI is InChI=1S/C22H19ClF3N3O2S/c1-12-6-14(4-5-17(12)23)16-7-18(27-9-19(16)31-11-22(24,25)26)20(30)28-8-15-10-32-21(29-15)13-2-3-13/h4-7,9-10,13H,2-3,8,11H2,1H3,(H,28,30). The molecule has 0 radical (unpaired) electrons. The van der Waals surface area contributed by atoms with Crippen molar-refractivity contribution in [2.45, 2.75) is 38.4 Å². The molecule has 168 valence electrons. The van der Waals surface area contributed by atoms with Crippen molar-refractivity contribution in [1.29, 1.82) is 0 Å². The van der Waals surface area contributed by atoms with Crippen LogP contribution in [0.15, 0.2) is 35.8 Å². The molecule has 0 bridgehead atoms. The third-order valence-electron chi connectivity index (χ3n) is 4.89. The summed E-state index contributed by atoms with van der Waals surface area (Å²) in [7, 11) is 0. The van der Waals surface area contributed by atoms with Gasteiger partial charge in [0.1, 0.15) is 11.4 Å². The number of carbonyl (C=O) groups is 1. The number of benzene rings is 1. The number of ether oxygens (including phenoxy) is 1. The number of halogens is 4. The second-order valence-corrected chi connectivity index (χ2v) is 8.86. The zero-order valence-electron chi connectivity index (χ0n) is 17.0. The molecule has 3 aromatic rings. The molecule has 2 aromatic heterocycles. The van der Waals surface area contributed by atoms with Crippen LogP contribution >= 0.6 is 22.9 Å². The van der Waals surface area contributed by atoms with Gasteiger partial charge in [0.05, 0.1) is 23.4 Å². The van der Waals surface area contributed by atoms with E-state index >= 15 is 0 Å². The summed E-state index contributed by atoms with van der Waals surface area (Å²) in [6.07, 6.45) is -1.07. The molecule has 0 unspecified atom stereocenters. The Morgan fingerprint density at radius 2 is 2.09 bits per heavy atom. The fourth-order valence-electron chi connectivity index (χ4n) is 3.06. The maximum absolute atomic E-state index is 12.7. The Balaban J connectivity index is 1.55. The Morgan fingerprint density at radius 3 is 2.78 bits per heavy atom. The summed E-state index contributed by atoms with van der Waals surface area (Å²) in [6, 6.07) is 6.43. The Hall–Kier alpha value is -2.65. The van der Waals surface area contributed by atoms with E-state index in [2.05, 4.69) is 15.3 Å². The molecule has 1 aliphatic carbocycles. The first kappa shape index (κ1) is 22.5. The predicted octanol–water partition coefficient (Wildman–Crippen LogP) is 5.92. The van der Waals surface area contributed by atoms with E-state index in [1.807, 2.05) is 5.38 Å². The van der Waals surface area contributed by atoms with Gasteiger partial charge >= 0.3 is 6.18 Å². The van der Waals surface area contributed by atoms with E-state index in [4.69, 9.17) is 16.3 Å². The van der Waals surface area contributed by atoms with Gasteiger partial charge in [0.15, 0.2) is 6.61 Å². The number of aryl methyl sites for hydroxylation is 1. The minimum Gasteiger partial charge on any atom is -0.482 e. The lowest BCUT2D eigenvalue weighted by Gasteiger charge is -2.15. The number of rotatable bonds is 7. The summed E-state index contributed by atoms with van der Waals surface area (Å²) in [5.74, 6) is 0.00945. The van der Waals surface area contributed by atoms with Crippen molar-refractivity contribution >= 4 is 28.8 Å². The molecule has 1 N–H and O–H groups in total. The SMILES string of the molecule is Cc1cc(-c2cc(C(=O)NCc3csc(C4CC4)n3)ncc2OCC(F)(F)F)ccc1Cl. The largest absolute Gasteiger partial charge is 0.482 e. The molecule has 0 atom stereocenters. The first-order valence-corrected chi connectivity index (χ1v) is 11.1. The topological polar surface area (TPSA) is 64.1 Å². The van der Waals surface area contributed by atoms with Gasteiger partial charge in [-0.05, 0) is 49.1 Å². The van der Waals surface area contributed by atoms with Gasteiger partial charge in [0.2, 0.25) is 0 Å². The summed E-state index contributed by atoms with van der Waals surface area (Å²) in [5, 5.41) is 6.28. The molecule has 2 heterocycles. The maximum atomic E-state index is 12.7. The molecule has 4 rings (SSSR count). The van der Waals surface area contributed by atoms with Gasteiger partial charge in [-0.3, -0.25) is 4.79 Å². The molecule has 0 aliphatic heterocycles. The van der Waals surface area contributed by atoms with Crippen LogP contribution in [-0.4, -0.2) is 28.7 Å². The molecule has 1 amide bonds. The van der Waals surface area contributed by atoms with Crippen LogP contribution in [0.1, 0.15) is 45.5 Å². The number of nitrogens with one attached hydrogen (secondary N) is 1. The Kier molecular flexibility index (Phi) is 6.39. The number of nitrogens with zero attached hydrogens (tertiary/aromatic N) is 2. The predicted molar refractivity (Wildman–Crippen MR) is 116 cm³/mol. The lowest BCUT2D eigenvalue weighted by molar-refractivity contribution is -0.153.